The molecule has 0 fully saturated rings. The average Bonchev–Trinajstić information content (AvgIpc) is 2.57. The van der Waals surface area contributed by atoms with E-state index >= 15 is 0 Å². The van der Waals surface area contributed by atoms with Crippen molar-refractivity contribution in [1.29, 1.82) is 0 Å². The van der Waals surface area contributed by atoms with E-state index in [0.717, 1.165) is 24.5 Å². The lowest BCUT2D eigenvalue weighted by atomic mass is 10.2. The summed E-state index contributed by atoms with van der Waals surface area (Å²) in [5, 5.41) is 2.71. The van der Waals surface area contributed by atoms with E-state index in [1.807, 2.05) is 24.3 Å². The highest BCUT2D eigenvalue weighted by atomic mass is 127. The van der Waals surface area contributed by atoms with Crippen molar-refractivity contribution >= 4 is 34.2 Å². The van der Waals surface area contributed by atoms with Gasteiger partial charge in [-0.2, -0.15) is 0 Å². The monoisotopic (exact) mass is 449 g/mol. The Kier molecular flexibility index (Phi) is 12.8. The fourth-order valence-corrected chi connectivity index (χ4v) is 2.57. The number of carbonyl (C=O) groups excluding carboxylic acids is 1. The molecule has 0 aromatic heterocycles. The second-order valence-corrected chi connectivity index (χ2v) is 6.46. The van der Waals surface area contributed by atoms with Gasteiger partial charge in [0.1, 0.15) is 12.4 Å². The van der Waals surface area contributed by atoms with E-state index in [4.69, 9.17) is 14.2 Å². The standard InChI is InChI=1S/C18H28INO4/c1-16(21)20-17-6-8-18(9-7-17)24-15-14-23-13-12-22-11-5-3-2-4-10-19/h6-9H,2-5,10-15H2,1H3,(H,20,21). The number of hydrogen-bond donors (Lipinski definition) is 1. The maximum atomic E-state index is 10.9. The van der Waals surface area contributed by atoms with Crippen LogP contribution in [0.4, 0.5) is 5.69 Å². The number of ether oxygens (including phenoxy) is 3. The molecule has 0 saturated carbocycles. The third-order valence-corrected chi connectivity index (χ3v) is 3.98. The molecule has 1 rings (SSSR count). The zero-order valence-corrected chi connectivity index (χ0v) is 16.5. The Balaban J connectivity index is 1.92. The molecule has 24 heavy (non-hydrogen) atoms. The fraction of sp³-hybridized carbons (Fsp3) is 0.611. The van der Waals surface area contributed by atoms with Gasteiger partial charge in [-0.15, -0.1) is 0 Å². The van der Waals surface area contributed by atoms with Gasteiger partial charge in [0.05, 0.1) is 19.8 Å². The Labute approximate surface area is 158 Å². The quantitative estimate of drug-likeness (QED) is 0.265. The van der Waals surface area contributed by atoms with E-state index in [-0.39, 0.29) is 5.91 Å². The van der Waals surface area contributed by atoms with Crippen LogP contribution in [0.25, 0.3) is 0 Å². The SMILES string of the molecule is CC(=O)Nc1ccc(OCCOCCOCCCCCCI)cc1. The summed E-state index contributed by atoms with van der Waals surface area (Å²) in [5.41, 5.74) is 0.762. The number of nitrogens with one attached hydrogen (secondary N) is 1. The molecule has 0 spiro atoms. The van der Waals surface area contributed by atoms with E-state index < -0.39 is 0 Å². The first kappa shape index (κ1) is 21.2. The first-order valence-electron chi connectivity index (χ1n) is 8.44. The number of anilines is 1. The van der Waals surface area contributed by atoms with Crippen molar-refractivity contribution in [3.8, 4) is 5.75 Å². The smallest absolute Gasteiger partial charge is 0.221 e. The molecule has 5 nitrogen and oxygen atoms in total. The average molecular weight is 449 g/mol. The molecule has 136 valence electrons. The third kappa shape index (κ3) is 11.6. The number of carbonyl (C=O) groups is 1. The molecule has 1 amide bonds. The minimum atomic E-state index is -0.0834. The summed E-state index contributed by atoms with van der Waals surface area (Å²) in [6.07, 6.45) is 4.98. The molecule has 0 unspecified atom stereocenters. The van der Waals surface area contributed by atoms with E-state index in [9.17, 15) is 4.79 Å². The summed E-state index contributed by atoms with van der Waals surface area (Å²) in [7, 11) is 0. The van der Waals surface area contributed by atoms with Crippen LogP contribution in [0.1, 0.15) is 32.6 Å². The highest BCUT2D eigenvalue weighted by Crippen LogP contribution is 2.15. The third-order valence-electron chi connectivity index (χ3n) is 3.22. The van der Waals surface area contributed by atoms with Crippen molar-refractivity contribution in [3.63, 3.8) is 0 Å². The molecular weight excluding hydrogens is 421 g/mol. The number of benzene rings is 1. The summed E-state index contributed by atoms with van der Waals surface area (Å²) in [5.74, 6) is 0.676. The molecule has 1 N–H and O–H groups in total. The molecule has 0 radical (unpaired) electrons. The van der Waals surface area contributed by atoms with Crippen molar-refractivity contribution in [2.24, 2.45) is 0 Å². The Morgan fingerprint density at radius 3 is 2.21 bits per heavy atom. The molecule has 0 atom stereocenters. The van der Waals surface area contributed by atoms with Crippen LogP contribution in [0.2, 0.25) is 0 Å². The molecule has 6 heteroatoms. The highest BCUT2D eigenvalue weighted by Gasteiger charge is 1.98. The van der Waals surface area contributed by atoms with Crippen LogP contribution in [0, 0.1) is 0 Å². The molecule has 1 aromatic carbocycles. The van der Waals surface area contributed by atoms with Gasteiger partial charge in [0.25, 0.3) is 0 Å². The van der Waals surface area contributed by atoms with Gasteiger partial charge in [0.15, 0.2) is 0 Å². The number of hydrogen-bond acceptors (Lipinski definition) is 4. The van der Waals surface area contributed by atoms with E-state index in [0.29, 0.717) is 26.4 Å². The lowest BCUT2D eigenvalue weighted by Gasteiger charge is -2.08. The number of halogens is 1. The van der Waals surface area contributed by atoms with Gasteiger partial charge >= 0.3 is 0 Å². The van der Waals surface area contributed by atoms with Crippen molar-refractivity contribution in [2.45, 2.75) is 32.6 Å². The fourth-order valence-electron chi connectivity index (χ4n) is 2.03. The number of rotatable bonds is 14. The van der Waals surface area contributed by atoms with Gasteiger partial charge in [-0.25, -0.2) is 0 Å². The Morgan fingerprint density at radius 2 is 1.54 bits per heavy atom. The number of unbranched alkanes of at least 4 members (excludes halogenated alkanes) is 3. The molecule has 0 aliphatic rings. The van der Waals surface area contributed by atoms with Crippen LogP contribution >= 0.6 is 22.6 Å². The van der Waals surface area contributed by atoms with Crippen LogP contribution in [0.15, 0.2) is 24.3 Å². The minimum Gasteiger partial charge on any atom is -0.491 e. The summed E-state index contributed by atoms with van der Waals surface area (Å²) in [4.78, 5) is 10.9. The maximum Gasteiger partial charge on any atom is 0.221 e. The number of amides is 1. The Morgan fingerprint density at radius 1 is 0.917 bits per heavy atom. The predicted molar refractivity (Wildman–Crippen MR) is 105 cm³/mol. The molecule has 1 aromatic rings. The molecule has 0 saturated heterocycles. The second-order valence-electron chi connectivity index (χ2n) is 5.38. The van der Waals surface area contributed by atoms with Crippen molar-refractivity contribution in [3.05, 3.63) is 24.3 Å². The van der Waals surface area contributed by atoms with E-state index in [1.165, 1.54) is 30.6 Å². The molecule has 0 aliphatic heterocycles. The second kappa shape index (κ2) is 14.5. The maximum absolute atomic E-state index is 10.9. The molecule has 0 heterocycles. The zero-order chi connectivity index (χ0) is 17.5. The van der Waals surface area contributed by atoms with E-state index in [1.54, 1.807) is 0 Å². The lowest BCUT2D eigenvalue weighted by molar-refractivity contribution is -0.114. The van der Waals surface area contributed by atoms with Crippen LogP contribution in [0.3, 0.4) is 0 Å². The van der Waals surface area contributed by atoms with Gasteiger partial charge in [0, 0.05) is 19.2 Å². The zero-order valence-electron chi connectivity index (χ0n) is 14.4. The van der Waals surface area contributed by atoms with Crippen molar-refractivity contribution in [1.82, 2.24) is 0 Å². The Bertz CT molecular complexity index is 439. The summed E-state index contributed by atoms with van der Waals surface area (Å²) in [6.45, 7) is 4.57. The highest BCUT2D eigenvalue weighted by molar-refractivity contribution is 14.1. The Hall–Kier alpha value is -0.860. The molecular formula is C18H28INO4. The van der Waals surface area contributed by atoms with Gasteiger partial charge in [-0.3, -0.25) is 4.79 Å². The largest absolute Gasteiger partial charge is 0.491 e. The molecule has 0 aliphatic carbocycles. The van der Waals surface area contributed by atoms with Crippen molar-refractivity contribution < 1.29 is 19.0 Å². The van der Waals surface area contributed by atoms with Crippen LogP contribution in [-0.4, -0.2) is 43.4 Å². The van der Waals surface area contributed by atoms with Crippen molar-refractivity contribution in [2.75, 3.05) is 42.8 Å². The topological polar surface area (TPSA) is 56.8 Å². The van der Waals surface area contributed by atoms with Gasteiger partial charge in [0.2, 0.25) is 5.91 Å². The first-order chi connectivity index (χ1) is 11.7. The lowest BCUT2D eigenvalue weighted by Crippen LogP contribution is -2.11. The minimum absolute atomic E-state index is 0.0834. The normalized spacial score (nSPS) is 10.6. The van der Waals surface area contributed by atoms with Crippen LogP contribution in [0.5, 0.6) is 5.75 Å². The van der Waals surface area contributed by atoms with Gasteiger partial charge in [-0.05, 0) is 41.5 Å². The summed E-state index contributed by atoms with van der Waals surface area (Å²) >= 11 is 2.41. The van der Waals surface area contributed by atoms with Gasteiger partial charge < -0.3 is 19.5 Å². The first-order valence-corrected chi connectivity index (χ1v) is 9.97. The number of alkyl halides is 1. The molecule has 0 bridgehead atoms. The predicted octanol–water partition coefficient (Wildman–Crippen LogP) is 4.05. The van der Waals surface area contributed by atoms with E-state index in [2.05, 4.69) is 27.9 Å². The van der Waals surface area contributed by atoms with Gasteiger partial charge in [-0.1, -0.05) is 35.4 Å². The summed E-state index contributed by atoms with van der Waals surface area (Å²) in [6, 6.07) is 7.27. The van der Waals surface area contributed by atoms with Crippen LogP contribution < -0.4 is 10.1 Å². The summed E-state index contributed by atoms with van der Waals surface area (Å²) < 4.78 is 17.8. The van der Waals surface area contributed by atoms with Crippen LogP contribution in [-0.2, 0) is 14.3 Å².